The number of para-hydroxylation sites is 1. The number of carbonyl (C=O) groups is 1. The number of aromatic nitrogens is 2. The molecule has 0 saturated heterocycles. The van der Waals surface area contributed by atoms with E-state index in [1.54, 1.807) is 52.1 Å². The van der Waals surface area contributed by atoms with E-state index in [0.29, 0.717) is 45.2 Å². The lowest BCUT2D eigenvalue weighted by molar-refractivity contribution is 0.0624. The van der Waals surface area contributed by atoms with Gasteiger partial charge in [-0.3, -0.25) is 14.2 Å². The minimum atomic E-state index is -0.586. The molecule has 6 nitrogen and oxygen atoms in total. The Kier molecular flexibility index (Phi) is 7.87. The van der Waals surface area contributed by atoms with E-state index in [2.05, 4.69) is 6.92 Å². The maximum Gasteiger partial charge on any atom is 0.266 e. The summed E-state index contributed by atoms with van der Waals surface area (Å²) in [5.74, 6) is 0.722. The van der Waals surface area contributed by atoms with E-state index in [1.807, 2.05) is 49.4 Å². The molecule has 0 aliphatic rings. The highest BCUT2D eigenvalue weighted by molar-refractivity contribution is 6.36. The number of hydrogen-bond acceptors (Lipinski definition) is 4. The van der Waals surface area contributed by atoms with Crippen LogP contribution in [-0.4, -0.2) is 20.4 Å². The van der Waals surface area contributed by atoms with Crippen molar-refractivity contribution in [2.24, 2.45) is 0 Å². The molecule has 0 spiro atoms. The van der Waals surface area contributed by atoms with Gasteiger partial charge in [-0.15, -0.1) is 0 Å². The SMILES string of the molecule is CCc1ccc(-n2c(C(CC)N(Cc3ccco3)C(=O)c3ccc(Cl)cc3Cl)nc3ccccc3c2=O)cc1. The summed E-state index contributed by atoms with van der Waals surface area (Å²) in [5.41, 5.74) is 2.49. The number of benzene rings is 3. The van der Waals surface area contributed by atoms with Gasteiger partial charge in [-0.2, -0.15) is 0 Å². The molecule has 5 rings (SSSR count). The van der Waals surface area contributed by atoms with Crippen LogP contribution in [0.1, 0.15) is 53.8 Å². The number of carbonyl (C=O) groups excluding carboxylic acids is 1. The maximum absolute atomic E-state index is 14.1. The molecule has 0 aliphatic heterocycles. The number of aryl methyl sites for hydroxylation is 1. The molecule has 5 aromatic rings. The van der Waals surface area contributed by atoms with Crippen LogP contribution >= 0.6 is 23.2 Å². The first-order chi connectivity index (χ1) is 18.9. The van der Waals surface area contributed by atoms with Gasteiger partial charge in [-0.1, -0.05) is 61.3 Å². The molecule has 3 aromatic carbocycles. The van der Waals surface area contributed by atoms with Gasteiger partial charge in [0.1, 0.15) is 11.6 Å². The van der Waals surface area contributed by atoms with E-state index in [0.717, 1.165) is 12.0 Å². The van der Waals surface area contributed by atoms with Crippen molar-refractivity contribution in [2.75, 3.05) is 0 Å². The van der Waals surface area contributed by atoms with E-state index in [9.17, 15) is 9.59 Å². The highest BCUT2D eigenvalue weighted by Crippen LogP contribution is 2.31. The van der Waals surface area contributed by atoms with Crippen LogP contribution in [0.2, 0.25) is 10.0 Å². The fourth-order valence-corrected chi connectivity index (χ4v) is 5.25. The van der Waals surface area contributed by atoms with Crippen LogP contribution in [0.25, 0.3) is 16.6 Å². The van der Waals surface area contributed by atoms with Crippen LogP contribution in [-0.2, 0) is 13.0 Å². The number of amides is 1. The summed E-state index contributed by atoms with van der Waals surface area (Å²) in [7, 11) is 0. The monoisotopic (exact) mass is 559 g/mol. The van der Waals surface area contributed by atoms with E-state index >= 15 is 0 Å². The van der Waals surface area contributed by atoms with Gasteiger partial charge >= 0.3 is 0 Å². The first-order valence-electron chi connectivity index (χ1n) is 12.8. The number of fused-ring (bicyclic) bond motifs is 1. The summed E-state index contributed by atoms with van der Waals surface area (Å²) in [6.45, 7) is 4.19. The van der Waals surface area contributed by atoms with Crippen LogP contribution in [0, 0.1) is 0 Å². The van der Waals surface area contributed by atoms with Crippen molar-refractivity contribution >= 4 is 40.0 Å². The summed E-state index contributed by atoms with van der Waals surface area (Å²) in [5, 5.41) is 1.17. The maximum atomic E-state index is 14.1. The first-order valence-corrected chi connectivity index (χ1v) is 13.6. The molecule has 0 fully saturated rings. The minimum Gasteiger partial charge on any atom is -0.467 e. The number of furan rings is 1. The quantitative estimate of drug-likeness (QED) is 0.196. The Bertz CT molecular complexity index is 1680. The number of nitrogens with zero attached hydrogens (tertiary/aromatic N) is 3. The lowest BCUT2D eigenvalue weighted by atomic mass is 10.1. The highest BCUT2D eigenvalue weighted by atomic mass is 35.5. The lowest BCUT2D eigenvalue weighted by Gasteiger charge is -2.32. The molecular formula is C31H27Cl2N3O3. The molecule has 39 heavy (non-hydrogen) atoms. The molecule has 1 unspecified atom stereocenters. The van der Waals surface area contributed by atoms with Gasteiger partial charge in [0.25, 0.3) is 11.5 Å². The van der Waals surface area contributed by atoms with Crippen molar-refractivity contribution in [3.63, 3.8) is 0 Å². The molecule has 1 atom stereocenters. The third kappa shape index (κ3) is 5.35. The average molecular weight is 560 g/mol. The molecule has 0 aliphatic carbocycles. The second-order valence-electron chi connectivity index (χ2n) is 9.21. The first kappa shape index (κ1) is 26.7. The van der Waals surface area contributed by atoms with Gasteiger partial charge in [-0.25, -0.2) is 4.98 Å². The van der Waals surface area contributed by atoms with Crippen molar-refractivity contribution in [1.82, 2.24) is 14.5 Å². The van der Waals surface area contributed by atoms with E-state index in [4.69, 9.17) is 32.6 Å². The third-order valence-electron chi connectivity index (χ3n) is 6.79. The largest absolute Gasteiger partial charge is 0.467 e. The Hall–Kier alpha value is -3.87. The zero-order valence-corrected chi connectivity index (χ0v) is 23.1. The second-order valence-corrected chi connectivity index (χ2v) is 10.1. The fourth-order valence-electron chi connectivity index (χ4n) is 4.76. The third-order valence-corrected chi connectivity index (χ3v) is 7.34. The van der Waals surface area contributed by atoms with Gasteiger partial charge in [0.05, 0.1) is 46.0 Å². The summed E-state index contributed by atoms with van der Waals surface area (Å²) in [6, 6.07) is 22.9. The predicted molar refractivity (Wildman–Crippen MR) is 155 cm³/mol. The normalized spacial score (nSPS) is 12.0. The molecule has 0 bridgehead atoms. The number of rotatable bonds is 8. The van der Waals surface area contributed by atoms with E-state index in [1.165, 1.54) is 0 Å². The van der Waals surface area contributed by atoms with Gasteiger partial charge in [0, 0.05) is 5.02 Å². The Morgan fingerprint density at radius 2 is 1.77 bits per heavy atom. The molecule has 1 amide bonds. The zero-order valence-electron chi connectivity index (χ0n) is 21.6. The standard InChI is InChI=1S/C31H27Cl2N3O3/c1-3-20-11-14-22(15-12-20)36-29(34-27-10-6-5-9-25(27)31(36)38)28(4-2)35(19-23-8-7-17-39-23)30(37)24-16-13-21(32)18-26(24)33/h5-18,28H,3-4,19H2,1-2H3. The van der Waals surface area contributed by atoms with Crippen molar-refractivity contribution in [1.29, 1.82) is 0 Å². The Labute approximate surface area is 236 Å². The van der Waals surface area contributed by atoms with Gasteiger partial charge in [0.15, 0.2) is 0 Å². The van der Waals surface area contributed by atoms with Crippen LogP contribution in [0.5, 0.6) is 0 Å². The fraction of sp³-hybridized carbons (Fsp3) is 0.194. The summed E-state index contributed by atoms with van der Waals surface area (Å²) in [4.78, 5) is 34.7. The van der Waals surface area contributed by atoms with E-state index in [-0.39, 0.29) is 23.0 Å². The molecule has 2 aromatic heterocycles. The molecule has 8 heteroatoms. The molecule has 198 valence electrons. The molecular weight excluding hydrogens is 533 g/mol. The second kappa shape index (κ2) is 11.5. The van der Waals surface area contributed by atoms with E-state index < -0.39 is 6.04 Å². The Morgan fingerprint density at radius 3 is 2.44 bits per heavy atom. The van der Waals surface area contributed by atoms with Crippen LogP contribution in [0.3, 0.4) is 0 Å². The highest BCUT2D eigenvalue weighted by Gasteiger charge is 2.31. The Morgan fingerprint density at radius 1 is 1.00 bits per heavy atom. The van der Waals surface area contributed by atoms with Crippen LogP contribution in [0.4, 0.5) is 0 Å². The minimum absolute atomic E-state index is 0.154. The lowest BCUT2D eigenvalue weighted by Crippen LogP contribution is -2.38. The molecule has 0 N–H and O–H groups in total. The summed E-state index contributed by atoms with van der Waals surface area (Å²) >= 11 is 12.6. The smallest absolute Gasteiger partial charge is 0.266 e. The molecule has 0 radical (unpaired) electrons. The van der Waals surface area contributed by atoms with Crippen molar-refractivity contribution in [3.8, 4) is 5.69 Å². The summed E-state index contributed by atoms with van der Waals surface area (Å²) < 4.78 is 7.24. The molecule has 0 saturated carbocycles. The Balaban J connectivity index is 1.73. The van der Waals surface area contributed by atoms with Crippen LogP contribution in [0.15, 0.2) is 94.3 Å². The molecule has 2 heterocycles. The predicted octanol–water partition coefficient (Wildman–Crippen LogP) is 7.64. The topological polar surface area (TPSA) is 68.3 Å². The van der Waals surface area contributed by atoms with Crippen molar-refractivity contribution < 1.29 is 9.21 Å². The zero-order chi connectivity index (χ0) is 27.5. The van der Waals surface area contributed by atoms with Gasteiger partial charge in [0.2, 0.25) is 0 Å². The number of hydrogen-bond donors (Lipinski definition) is 0. The van der Waals surface area contributed by atoms with Gasteiger partial charge < -0.3 is 9.32 Å². The van der Waals surface area contributed by atoms with Crippen molar-refractivity contribution in [2.45, 2.75) is 39.3 Å². The number of halogens is 2. The van der Waals surface area contributed by atoms with Crippen LogP contribution < -0.4 is 5.56 Å². The van der Waals surface area contributed by atoms with Gasteiger partial charge in [-0.05, 0) is 73.0 Å². The summed E-state index contributed by atoms with van der Waals surface area (Å²) in [6.07, 6.45) is 2.92. The average Bonchev–Trinajstić information content (AvgIpc) is 3.46. The van der Waals surface area contributed by atoms with Crippen molar-refractivity contribution in [3.05, 3.63) is 128 Å².